The first kappa shape index (κ1) is 15.7. The van der Waals surface area contributed by atoms with Gasteiger partial charge in [-0.1, -0.05) is 11.6 Å². The topological polar surface area (TPSA) is 64.4 Å². The number of halogens is 1. The maximum atomic E-state index is 11.0. The molecule has 1 unspecified atom stereocenters. The summed E-state index contributed by atoms with van der Waals surface area (Å²) in [4.78, 5) is 10.5. The molecule has 0 aliphatic rings. The second-order valence-electron chi connectivity index (χ2n) is 5.13. The summed E-state index contributed by atoms with van der Waals surface area (Å²) in [5.74, 6) is 0. The zero-order valence-corrected chi connectivity index (χ0v) is 12.3. The largest absolute Gasteiger partial charge is 0.379 e. The number of nitro groups is 1. The molecule has 19 heavy (non-hydrogen) atoms. The van der Waals surface area contributed by atoms with Crippen molar-refractivity contribution in [3.8, 4) is 0 Å². The molecule has 0 spiro atoms. The lowest BCUT2D eigenvalue weighted by Crippen LogP contribution is -2.31. The molecule has 106 valence electrons. The Hall–Kier alpha value is -1.33. The van der Waals surface area contributed by atoms with E-state index in [0.29, 0.717) is 10.7 Å². The molecular formula is C13H19ClN2O3. The van der Waals surface area contributed by atoms with E-state index in [-0.39, 0.29) is 17.3 Å². The number of nitrogens with one attached hydrogen (secondary N) is 1. The average molecular weight is 287 g/mol. The third-order valence-corrected chi connectivity index (χ3v) is 3.14. The van der Waals surface area contributed by atoms with E-state index in [1.54, 1.807) is 19.2 Å². The quantitative estimate of drug-likeness (QED) is 0.637. The van der Waals surface area contributed by atoms with Crippen LogP contribution in [0.4, 0.5) is 11.4 Å². The lowest BCUT2D eigenvalue weighted by molar-refractivity contribution is -0.384. The predicted molar refractivity (Wildman–Crippen MR) is 76.9 cm³/mol. The van der Waals surface area contributed by atoms with Crippen molar-refractivity contribution < 1.29 is 9.66 Å². The van der Waals surface area contributed by atoms with Crippen LogP contribution in [0.3, 0.4) is 0 Å². The predicted octanol–water partition coefficient (Wildman–Crippen LogP) is 3.86. The molecule has 0 aliphatic carbocycles. The fourth-order valence-electron chi connectivity index (χ4n) is 1.92. The monoisotopic (exact) mass is 286 g/mol. The molecule has 0 heterocycles. The van der Waals surface area contributed by atoms with Crippen molar-refractivity contribution in [1.82, 2.24) is 0 Å². The average Bonchev–Trinajstić information content (AvgIpc) is 2.30. The van der Waals surface area contributed by atoms with Crippen molar-refractivity contribution in [2.75, 3.05) is 12.4 Å². The minimum Gasteiger partial charge on any atom is -0.379 e. The van der Waals surface area contributed by atoms with Gasteiger partial charge in [-0.05, 0) is 39.3 Å². The van der Waals surface area contributed by atoms with Gasteiger partial charge in [0.05, 0.1) is 10.5 Å². The minimum atomic E-state index is -0.442. The van der Waals surface area contributed by atoms with E-state index in [1.165, 1.54) is 6.07 Å². The van der Waals surface area contributed by atoms with E-state index < -0.39 is 4.92 Å². The van der Waals surface area contributed by atoms with Crippen LogP contribution in [0.1, 0.15) is 27.2 Å². The maximum Gasteiger partial charge on any atom is 0.293 e. The van der Waals surface area contributed by atoms with Crippen molar-refractivity contribution in [2.45, 2.75) is 38.8 Å². The second-order valence-corrected chi connectivity index (χ2v) is 5.57. The number of nitrogens with zero attached hydrogens (tertiary/aromatic N) is 1. The molecule has 5 nitrogen and oxygen atoms in total. The fourth-order valence-corrected chi connectivity index (χ4v) is 2.08. The number of nitro benzene ring substituents is 1. The summed E-state index contributed by atoms with van der Waals surface area (Å²) in [6.45, 7) is 5.90. The highest BCUT2D eigenvalue weighted by molar-refractivity contribution is 6.30. The van der Waals surface area contributed by atoms with Gasteiger partial charge in [-0.3, -0.25) is 10.1 Å². The number of benzene rings is 1. The summed E-state index contributed by atoms with van der Waals surface area (Å²) in [5, 5.41) is 14.5. The molecule has 1 aromatic rings. The zero-order valence-electron chi connectivity index (χ0n) is 11.6. The highest BCUT2D eigenvalue weighted by atomic mass is 35.5. The standard InChI is InChI=1S/C13H19ClN2O3/c1-9(8-13(2,3)19-4)15-11-6-5-10(14)7-12(11)16(17)18/h5-7,9,15H,8H2,1-4H3. The van der Waals surface area contributed by atoms with E-state index in [0.717, 1.165) is 6.42 Å². The first-order valence-corrected chi connectivity index (χ1v) is 6.38. The van der Waals surface area contributed by atoms with Gasteiger partial charge in [-0.25, -0.2) is 0 Å². The van der Waals surface area contributed by atoms with E-state index in [9.17, 15) is 10.1 Å². The van der Waals surface area contributed by atoms with Gasteiger partial charge in [-0.2, -0.15) is 0 Å². The molecule has 0 radical (unpaired) electrons. The molecule has 1 atom stereocenters. The molecule has 6 heteroatoms. The van der Waals surface area contributed by atoms with Crippen LogP contribution in [0.2, 0.25) is 5.02 Å². The molecule has 0 aliphatic heterocycles. The Morgan fingerprint density at radius 2 is 2.16 bits per heavy atom. The molecule has 1 N–H and O–H groups in total. The second kappa shape index (κ2) is 6.21. The summed E-state index contributed by atoms with van der Waals surface area (Å²) >= 11 is 5.77. The molecule has 1 aromatic carbocycles. The molecule has 0 amide bonds. The molecule has 1 rings (SSSR count). The summed E-state index contributed by atoms with van der Waals surface area (Å²) in [5.41, 5.74) is 0.163. The number of ether oxygens (including phenoxy) is 1. The van der Waals surface area contributed by atoms with E-state index >= 15 is 0 Å². The van der Waals surface area contributed by atoms with Gasteiger partial charge in [0.2, 0.25) is 0 Å². The molecule has 0 aromatic heterocycles. The molecule has 0 bridgehead atoms. The molecular weight excluding hydrogens is 268 g/mol. The van der Waals surface area contributed by atoms with Crippen LogP contribution in [-0.2, 0) is 4.74 Å². The SMILES string of the molecule is COC(C)(C)CC(C)Nc1ccc(Cl)cc1[N+](=O)[O-]. The number of hydrogen-bond acceptors (Lipinski definition) is 4. The highest BCUT2D eigenvalue weighted by Crippen LogP contribution is 2.29. The number of methoxy groups -OCH3 is 1. The third kappa shape index (κ3) is 4.69. The van der Waals surface area contributed by atoms with Crippen LogP contribution in [0.25, 0.3) is 0 Å². The first-order valence-electron chi connectivity index (χ1n) is 6.01. The van der Waals surface area contributed by atoms with Gasteiger partial charge in [0, 0.05) is 24.2 Å². The van der Waals surface area contributed by atoms with Crippen LogP contribution in [-0.4, -0.2) is 23.7 Å². The Morgan fingerprint density at radius 3 is 2.68 bits per heavy atom. The molecule has 0 saturated carbocycles. The number of anilines is 1. The van der Waals surface area contributed by atoms with E-state index in [1.807, 2.05) is 20.8 Å². The van der Waals surface area contributed by atoms with Gasteiger partial charge in [0.15, 0.2) is 0 Å². The molecule has 0 fully saturated rings. The first-order chi connectivity index (χ1) is 8.75. The lowest BCUT2D eigenvalue weighted by atomic mass is 9.99. The van der Waals surface area contributed by atoms with Crippen molar-refractivity contribution in [2.24, 2.45) is 0 Å². The minimum absolute atomic E-state index is 0.0189. The van der Waals surface area contributed by atoms with Crippen molar-refractivity contribution in [3.05, 3.63) is 33.3 Å². The summed E-state index contributed by atoms with van der Waals surface area (Å²) < 4.78 is 5.35. The Balaban J connectivity index is 2.85. The summed E-state index contributed by atoms with van der Waals surface area (Å²) in [7, 11) is 1.65. The lowest BCUT2D eigenvalue weighted by Gasteiger charge is -2.27. The van der Waals surface area contributed by atoms with Crippen LogP contribution in [0, 0.1) is 10.1 Å². The highest BCUT2D eigenvalue weighted by Gasteiger charge is 2.22. The van der Waals surface area contributed by atoms with E-state index in [2.05, 4.69) is 5.32 Å². The Kier molecular flexibility index (Phi) is 5.14. The van der Waals surface area contributed by atoms with Crippen molar-refractivity contribution in [3.63, 3.8) is 0 Å². The van der Waals surface area contributed by atoms with Gasteiger partial charge in [-0.15, -0.1) is 0 Å². The zero-order chi connectivity index (χ0) is 14.6. The van der Waals surface area contributed by atoms with Gasteiger partial charge >= 0.3 is 0 Å². The Labute approximate surface area is 118 Å². The number of hydrogen-bond donors (Lipinski definition) is 1. The van der Waals surface area contributed by atoms with Crippen LogP contribution < -0.4 is 5.32 Å². The summed E-state index contributed by atoms with van der Waals surface area (Å²) in [6, 6.07) is 4.63. The van der Waals surface area contributed by atoms with Crippen molar-refractivity contribution >= 4 is 23.0 Å². The third-order valence-electron chi connectivity index (χ3n) is 2.91. The Morgan fingerprint density at radius 1 is 1.53 bits per heavy atom. The van der Waals surface area contributed by atoms with Gasteiger partial charge < -0.3 is 10.1 Å². The maximum absolute atomic E-state index is 11.0. The number of rotatable bonds is 6. The van der Waals surface area contributed by atoms with Crippen LogP contribution in [0.5, 0.6) is 0 Å². The van der Waals surface area contributed by atoms with Crippen molar-refractivity contribution in [1.29, 1.82) is 0 Å². The smallest absolute Gasteiger partial charge is 0.293 e. The van der Waals surface area contributed by atoms with Gasteiger partial charge in [0.25, 0.3) is 5.69 Å². The van der Waals surface area contributed by atoms with E-state index in [4.69, 9.17) is 16.3 Å². The normalized spacial score (nSPS) is 13.1. The Bertz CT molecular complexity index is 463. The molecule has 0 saturated heterocycles. The van der Waals surface area contributed by atoms with Gasteiger partial charge in [0.1, 0.15) is 5.69 Å². The van der Waals surface area contributed by atoms with Crippen LogP contribution >= 0.6 is 11.6 Å². The van der Waals surface area contributed by atoms with Crippen LogP contribution in [0.15, 0.2) is 18.2 Å². The fraction of sp³-hybridized carbons (Fsp3) is 0.538. The summed E-state index contributed by atoms with van der Waals surface area (Å²) in [6.07, 6.45) is 0.725.